The van der Waals surface area contributed by atoms with Crippen molar-refractivity contribution in [2.75, 3.05) is 12.4 Å². The summed E-state index contributed by atoms with van der Waals surface area (Å²) in [5.41, 5.74) is 0.497. The first-order valence-electron chi connectivity index (χ1n) is 4.00. The van der Waals surface area contributed by atoms with Gasteiger partial charge in [-0.05, 0) is 13.3 Å². The Morgan fingerprint density at radius 3 is 3.08 bits per heavy atom. The molecule has 1 aromatic heterocycles. The third kappa shape index (κ3) is 3.32. The summed E-state index contributed by atoms with van der Waals surface area (Å²) in [6.45, 7) is 2.49. The summed E-state index contributed by atoms with van der Waals surface area (Å²) >= 11 is 6.94. The lowest BCUT2D eigenvalue weighted by Gasteiger charge is -1.99. The van der Waals surface area contributed by atoms with Crippen LogP contribution in [-0.2, 0) is 0 Å². The van der Waals surface area contributed by atoms with Crippen LogP contribution in [0.5, 0.6) is 0 Å². The zero-order chi connectivity index (χ0) is 9.68. The molecule has 5 heteroatoms. The van der Waals surface area contributed by atoms with Gasteiger partial charge in [0.15, 0.2) is 0 Å². The van der Waals surface area contributed by atoms with Gasteiger partial charge >= 0.3 is 0 Å². The van der Waals surface area contributed by atoms with Gasteiger partial charge in [-0.15, -0.1) is 22.9 Å². The number of aromatic nitrogens is 1. The molecule has 1 aromatic rings. The second kappa shape index (κ2) is 5.19. The third-order valence-electron chi connectivity index (χ3n) is 1.45. The number of hydrogen-bond acceptors (Lipinski definition) is 3. The molecule has 0 saturated carbocycles. The Labute approximate surface area is 86.1 Å². The van der Waals surface area contributed by atoms with Gasteiger partial charge < -0.3 is 5.32 Å². The van der Waals surface area contributed by atoms with Crippen LogP contribution in [0.4, 0.5) is 0 Å². The number of aryl methyl sites for hydroxylation is 1. The van der Waals surface area contributed by atoms with E-state index in [0.717, 1.165) is 11.4 Å². The van der Waals surface area contributed by atoms with Crippen LogP contribution in [0.2, 0.25) is 0 Å². The van der Waals surface area contributed by atoms with E-state index in [9.17, 15) is 4.79 Å². The summed E-state index contributed by atoms with van der Waals surface area (Å²) in [6, 6.07) is 0. The molecule has 1 rings (SSSR count). The topological polar surface area (TPSA) is 42.0 Å². The number of halogens is 1. The summed E-state index contributed by atoms with van der Waals surface area (Å²) in [5.74, 6) is 0.450. The van der Waals surface area contributed by atoms with Crippen LogP contribution in [0.25, 0.3) is 0 Å². The summed E-state index contributed by atoms with van der Waals surface area (Å²) < 4.78 is 0. The molecule has 13 heavy (non-hydrogen) atoms. The monoisotopic (exact) mass is 218 g/mol. The fourth-order valence-corrected chi connectivity index (χ4v) is 1.55. The largest absolute Gasteiger partial charge is 0.351 e. The molecule has 0 radical (unpaired) electrons. The summed E-state index contributed by atoms with van der Waals surface area (Å²) in [5, 5.41) is 5.39. The van der Waals surface area contributed by atoms with Gasteiger partial charge in [0.2, 0.25) is 0 Å². The number of carbonyl (C=O) groups excluding carboxylic acids is 1. The zero-order valence-electron chi connectivity index (χ0n) is 7.34. The molecule has 0 saturated heterocycles. The van der Waals surface area contributed by atoms with Crippen molar-refractivity contribution in [3.05, 3.63) is 16.1 Å². The molecule has 1 amide bonds. The molecule has 0 aromatic carbocycles. The van der Waals surface area contributed by atoms with Crippen molar-refractivity contribution < 1.29 is 4.79 Å². The normalized spacial score (nSPS) is 10.0. The number of nitrogens with zero attached hydrogens (tertiary/aromatic N) is 1. The van der Waals surface area contributed by atoms with E-state index in [0.29, 0.717) is 18.1 Å². The molecule has 0 aliphatic carbocycles. The maximum Gasteiger partial charge on any atom is 0.270 e. The van der Waals surface area contributed by atoms with E-state index >= 15 is 0 Å². The Bertz CT molecular complexity index is 287. The number of nitrogens with one attached hydrogen (secondary N) is 1. The molecule has 0 spiro atoms. The highest BCUT2D eigenvalue weighted by atomic mass is 35.5. The number of amides is 1. The summed E-state index contributed by atoms with van der Waals surface area (Å²) in [7, 11) is 0. The molecule has 0 unspecified atom stereocenters. The van der Waals surface area contributed by atoms with E-state index in [1.807, 2.05) is 6.92 Å². The highest BCUT2D eigenvalue weighted by molar-refractivity contribution is 7.09. The van der Waals surface area contributed by atoms with Gasteiger partial charge in [-0.3, -0.25) is 4.79 Å². The predicted molar refractivity (Wildman–Crippen MR) is 54.5 cm³/mol. The molecule has 0 aliphatic heterocycles. The minimum absolute atomic E-state index is 0.116. The lowest BCUT2D eigenvalue weighted by atomic mass is 10.4. The number of hydrogen-bond donors (Lipinski definition) is 1. The van der Waals surface area contributed by atoms with Crippen molar-refractivity contribution in [2.45, 2.75) is 13.3 Å². The van der Waals surface area contributed by atoms with Gasteiger partial charge in [-0.1, -0.05) is 0 Å². The van der Waals surface area contributed by atoms with Crippen molar-refractivity contribution in [3.8, 4) is 0 Å². The quantitative estimate of drug-likeness (QED) is 0.619. The Kier molecular flexibility index (Phi) is 4.18. The van der Waals surface area contributed by atoms with Gasteiger partial charge in [0.05, 0.1) is 5.01 Å². The van der Waals surface area contributed by atoms with Crippen LogP contribution in [0, 0.1) is 6.92 Å². The second-order valence-corrected chi connectivity index (χ2v) is 3.99. The average molecular weight is 219 g/mol. The predicted octanol–water partition coefficient (Wildman–Crippen LogP) is 1.81. The van der Waals surface area contributed by atoms with E-state index in [1.54, 1.807) is 5.38 Å². The average Bonchev–Trinajstić information content (AvgIpc) is 2.52. The molecule has 1 N–H and O–H groups in total. The minimum atomic E-state index is -0.116. The highest BCUT2D eigenvalue weighted by Crippen LogP contribution is 2.07. The second-order valence-electron chi connectivity index (χ2n) is 2.55. The van der Waals surface area contributed by atoms with E-state index in [-0.39, 0.29) is 5.91 Å². The van der Waals surface area contributed by atoms with Crippen LogP contribution >= 0.6 is 22.9 Å². The molecule has 0 bridgehead atoms. The molecule has 3 nitrogen and oxygen atoms in total. The van der Waals surface area contributed by atoms with Crippen LogP contribution in [-0.4, -0.2) is 23.3 Å². The van der Waals surface area contributed by atoms with Gasteiger partial charge in [-0.25, -0.2) is 4.98 Å². The molecule has 1 heterocycles. The molecule has 72 valence electrons. The van der Waals surface area contributed by atoms with Crippen LogP contribution in [0.15, 0.2) is 5.38 Å². The molecule has 0 atom stereocenters. The van der Waals surface area contributed by atoms with Crippen LogP contribution in [0.3, 0.4) is 0 Å². The molecule has 0 aliphatic rings. The van der Waals surface area contributed by atoms with Crippen molar-refractivity contribution >= 4 is 28.8 Å². The van der Waals surface area contributed by atoms with Crippen molar-refractivity contribution in [1.29, 1.82) is 0 Å². The number of rotatable bonds is 4. The maximum absolute atomic E-state index is 11.3. The Morgan fingerprint density at radius 1 is 1.77 bits per heavy atom. The van der Waals surface area contributed by atoms with Gasteiger partial charge in [0.1, 0.15) is 5.69 Å². The highest BCUT2D eigenvalue weighted by Gasteiger charge is 2.07. The van der Waals surface area contributed by atoms with E-state index in [1.165, 1.54) is 11.3 Å². The van der Waals surface area contributed by atoms with Gasteiger partial charge in [0.25, 0.3) is 5.91 Å². The smallest absolute Gasteiger partial charge is 0.270 e. The third-order valence-corrected chi connectivity index (χ3v) is 2.49. The summed E-state index contributed by atoms with van der Waals surface area (Å²) in [6.07, 6.45) is 0.788. The Morgan fingerprint density at radius 2 is 2.54 bits per heavy atom. The zero-order valence-corrected chi connectivity index (χ0v) is 8.91. The molecular formula is C8H11ClN2OS. The van der Waals surface area contributed by atoms with Crippen molar-refractivity contribution in [2.24, 2.45) is 0 Å². The lowest BCUT2D eigenvalue weighted by Crippen LogP contribution is -2.24. The first kappa shape index (κ1) is 10.5. The Hall–Kier alpha value is -0.610. The Balaban J connectivity index is 2.40. The van der Waals surface area contributed by atoms with E-state index in [2.05, 4.69) is 10.3 Å². The number of thiazole rings is 1. The maximum atomic E-state index is 11.3. The van der Waals surface area contributed by atoms with E-state index in [4.69, 9.17) is 11.6 Å². The lowest BCUT2D eigenvalue weighted by molar-refractivity contribution is 0.0949. The standard InChI is InChI=1S/C8H11ClN2OS/c1-6-11-7(5-13-6)8(12)10-4-2-3-9/h5H,2-4H2,1H3,(H,10,12). The van der Waals surface area contributed by atoms with E-state index < -0.39 is 0 Å². The number of carbonyl (C=O) groups is 1. The SMILES string of the molecule is Cc1nc(C(=O)NCCCCl)cs1. The summed E-state index contributed by atoms with van der Waals surface area (Å²) in [4.78, 5) is 15.4. The molecule has 0 fully saturated rings. The fourth-order valence-electron chi connectivity index (χ4n) is 0.827. The minimum Gasteiger partial charge on any atom is -0.351 e. The van der Waals surface area contributed by atoms with Gasteiger partial charge in [-0.2, -0.15) is 0 Å². The van der Waals surface area contributed by atoms with Crippen LogP contribution < -0.4 is 5.32 Å². The fraction of sp³-hybridized carbons (Fsp3) is 0.500. The molecular weight excluding hydrogens is 208 g/mol. The van der Waals surface area contributed by atoms with Crippen LogP contribution in [0.1, 0.15) is 21.9 Å². The first-order chi connectivity index (χ1) is 6.24. The van der Waals surface area contributed by atoms with Crippen molar-refractivity contribution in [3.63, 3.8) is 0 Å². The first-order valence-corrected chi connectivity index (χ1v) is 5.41. The van der Waals surface area contributed by atoms with Gasteiger partial charge in [0, 0.05) is 17.8 Å². The van der Waals surface area contributed by atoms with Crippen molar-refractivity contribution in [1.82, 2.24) is 10.3 Å². The number of alkyl halides is 1.